The number of nitrogens with zero attached hydrogens (tertiary/aromatic N) is 2. The van der Waals surface area contributed by atoms with E-state index in [9.17, 15) is 50.1 Å². The van der Waals surface area contributed by atoms with Gasteiger partial charge in [0.05, 0.1) is 17.6 Å². The highest BCUT2D eigenvalue weighted by atomic mass is 19.4. The zero-order chi connectivity index (χ0) is 26.1. The number of carbonyl (C=O) groups is 2. The van der Waals surface area contributed by atoms with Gasteiger partial charge in [-0.3, -0.25) is 9.59 Å². The standard InChI is InChI=1S/C21H12F7N3O4/c22-14-12(9-3-1-2-8(6-9)7-21(26,27)28)15(23)17(25)18(16(14)24)29-20(33)13-10(19(32)31-35)4-5-11(13)30-34/h1-3,6,11H,4-5,7H2,(H,29,33). The van der Waals surface area contributed by atoms with Crippen LogP contribution in [0.2, 0.25) is 0 Å². The summed E-state index contributed by atoms with van der Waals surface area (Å²) in [6.45, 7) is 0. The monoisotopic (exact) mass is 503 g/mol. The van der Waals surface area contributed by atoms with E-state index in [1.54, 1.807) is 0 Å². The first kappa shape index (κ1) is 25.6. The summed E-state index contributed by atoms with van der Waals surface area (Å²) in [5, 5.41) is 6.22. The van der Waals surface area contributed by atoms with Crippen LogP contribution in [-0.2, 0) is 16.0 Å². The van der Waals surface area contributed by atoms with Gasteiger partial charge >= 0.3 is 12.1 Å². The van der Waals surface area contributed by atoms with Crippen molar-refractivity contribution in [3.05, 3.63) is 74.1 Å². The third-order valence-electron chi connectivity index (χ3n) is 5.16. The van der Waals surface area contributed by atoms with E-state index in [2.05, 4.69) is 10.4 Å². The van der Waals surface area contributed by atoms with E-state index >= 15 is 0 Å². The lowest BCUT2D eigenvalue weighted by atomic mass is 9.99. The Labute approximate surface area is 190 Å². The van der Waals surface area contributed by atoms with E-state index in [1.165, 1.54) is 5.32 Å². The summed E-state index contributed by atoms with van der Waals surface area (Å²) in [5.41, 5.74) is -5.29. The number of hydrogen-bond acceptors (Lipinski definition) is 5. The quantitative estimate of drug-likeness (QED) is 0.321. The molecule has 1 aliphatic carbocycles. The van der Waals surface area contributed by atoms with E-state index in [-0.39, 0.29) is 12.8 Å². The Kier molecular flexibility index (Phi) is 7.12. The van der Waals surface area contributed by atoms with Crippen LogP contribution in [-0.4, -0.2) is 24.0 Å². The molecule has 1 aliphatic rings. The molecule has 1 unspecified atom stereocenters. The molecule has 0 aliphatic heterocycles. The highest BCUT2D eigenvalue weighted by Gasteiger charge is 2.37. The molecule has 0 aromatic heterocycles. The van der Waals surface area contributed by atoms with Gasteiger partial charge in [0.2, 0.25) is 0 Å². The van der Waals surface area contributed by atoms with Crippen LogP contribution in [0.25, 0.3) is 11.1 Å². The molecule has 0 saturated carbocycles. The van der Waals surface area contributed by atoms with Gasteiger partial charge in [-0.2, -0.15) is 18.1 Å². The Balaban J connectivity index is 2.05. The molecule has 1 atom stereocenters. The lowest BCUT2D eigenvalue weighted by Gasteiger charge is -2.15. The van der Waals surface area contributed by atoms with Crippen LogP contribution in [0.1, 0.15) is 18.4 Å². The largest absolute Gasteiger partial charge is 0.393 e. The fourth-order valence-corrected chi connectivity index (χ4v) is 3.68. The summed E-state index contributed by atoms with van der Waals surface area (Å²) >= 11 is 0. The number of hydrogen-bond donors (Lipinski definition) is 1. The molecule has 1 N–H and O–H groups in total. The average Bonchev–Trinajstić information content (AvgIpc) is 3.23. The zero-order valence-electron chi connectivity index (χ0n) is 17.2. The molecule has 0 bridgehead atoms. The van der Waals surface area contributed by atoms with Crippen LogP contribution in [0.4, 0.5) is 36.4 Å². The van der Waals surface area contributed by atoms with Crippen molar-refractivity contribution >= 4 is 17.5 Å². The molecule has 35 heavy (non-hydrogen) atoms. The molecule has 184 valence electrons. The number of nitroso groups, excluding NO2 is 2. The van der Waals surface area contributed by atoms with E-state index in [0.29, 0.717) is 6.07 Å². The van der Waals surface area contributed by atoms with Crippen molar-refractivity contribution in [3.8, 4) is 11.1 Å². The molecule has 0 fully saturated rings. The maximum atomic E-state index is 14.7. The summed E-state index contributed by atoms with van der Waals surface area (Å²) in [6.07, 6.45) is -6.63. The van der Waals surface area contributed by atoms with Gasteiger partial charge in [0, 0.05) is 10.7 Å². The van der Waals surface area contributed by atoms with Gasteiger partial charge < -0.3 is 5.32 Å². The van der Waals surface area contributed by atoms with E-state index in [1.807, 2.05) is 0 Å². The molecule has 2 aromatic carbocycles. The Morgan fingerprint density at radius 2 is 1.63 bits per heavy atom. The molecule has 0 spiro atoms. The molecule has 3 rings (SSSR count). The van der Waals surface area contributed by atoms with Crippen LogP contribution in [0.5, 0.6) is 0 Å². The Morgan fingerprint density at radius 1 is 1.00 bits per heavy atom. The molecule has 0 saturated heterocycles. The predicted molar refractivity (Wildman–Crippen MR) is 107 cm³/mol. The van der Waals surface area contributed by atoms with Crippen LogP contribution < -0.4 is 5.32 Å². The first-order chi connectivity index (χ1) is 16.4. The summed E-state index contributed by atoms with van der Waals surface area (Å²) in [5.74, 6) is -11.2. The van der Waals surface area contributed by atoms with Crippen molar-refractivity contribution in [1.29, 1.82) is 0 Å². The normalized spacial score (nSPS) is 15.8. The van der Waals surface area contributed by atoms with Gasteiger partial charge in [-0.25, -0.2) is 17.6 Å². The molecule has 2 amide bonds. The first-order valence-electron chi connectivity index (χ1n) is 9.66. The lowest BCUT2D eigenvalue weighted by molar-refractivity contribution is -0.127. The maximum absolute atomic E-state index is 14.7. The number of carbonyl (C=O) groups excluding carboxylic acids is 2. The number of benzene rings is 2. The van der Waals surface area contributed by atoms with E-state index < -0.39 is 87.2 Å². The molecule has 2 aromatic rings. The smallest absolute Gasteiger partial charge is 0.317 e. The van der Waals surface area contributed by atoms with Gasteiger partial charge in [0.25, 0.3) is 5.91 Å². The number of anilines is 1. The minimum absolute atomic E-state index is 0.205. The number of alkyl halides is 3. The Bertz CT molecular complexity index is 1250. The maximum Gasteiger partial charge on any atom is 0.393 e. The highest BCUT2D eigenvalue weighted by molar-refractivity contribution is 6.11. The third kappa shape index (κ3) is 5.10. The van der Waals surface area contributed by atoms with Crippen LogP contribution >= 0.6 is 0 Å². The highest BCUT2D eigenvalue weighted by Crippen LogP contribution is 2.37. The number of rotatable bonds is 6. The summed E-state index contributed by atoms with van der Waals surface area (Å²) < 4.78 is 96.8. The molecular formula is C21H12F7N3O4. The fourth-order valence-electron chi connectivity index (χ4n) is 3.68. The zero-order valence-corrected chi connectivity index (χ0v) is 17.2. The van der Waals surface area contributed by atoms with Crippen molar-refractivity contribution in [2.24, 2.45) is 10.4 Å². The van der Waals surface area contributed by atoms with Crippen molar-refractivity contribution in [2.75, 3.05) is 5.32 Å². The lowest BCUT2D eigenvalue weighted by Crippen LogP contribution is -2.24. The van der Waals surface area contributed by atoms with Gasteiger partial charge in [0.15, 0.2) is 23.3 Å². The third-order valence-corrected chi connectivity index (χ3v) is 5.16. The van der Waals surface area contributed by atoms with Crippen LogP contribution in [0, 0.1) is 33.1 Å². The molecule has 7 nitrogen and oxygen atoms in total. The van der Waals surface area contributed by atoms with Gasteiger partial charge in [0.1, 0.15) is 11.7 Å². The summed E-state index contributed by atoms with van der Waals surface area (Å²) in [4.78, 5) is 45.6. The first-order valence-corrected chi connectivity index (χ1v) is 9.66. The van der Waals surface area contributed by atoms with Gasteiger partial charge in [-0.15, -0.1) is 4.91 Å². The Morgan fingerprint density at radius 3 is 2.17 bits per heavy atom. The van der Waals surface area contributed by atoms with Gasteiger partial charge in [-0.1, -0.05) is 29.4 Å². The SMILES string of the molecule is O=NC(=O)C1=C(C(=O)Nc2c(F)c(F)c(-c3cccc(CC(F)(F)F)c3)c(F)c2F)C(N=O)CC1. The topological polar surface area (TPSA) is 105 Å². The number of halogens is 7. The Hall–Kier alpha value is -3.97. The van der Waals surface area contributed by atoms with Crippen molar-refractivity contribution in [3.63, 3.8) is 0 Å². The minimum atomic E-state index is -4.66. The van der Waals surface area contributed by atoms with E-state index in [4.69, 9.17) is 0 Å². The number of nitrogens with one attached hydrogen (secondary N) is 1. The second-order valence-corrected chi connectivity index (χ2v) is 7.40. The molecule has 14 heteroatoms. The van der Waals surface area contributed by atoms with Crippen LogP contribution in [0.3, 0.4) is 0 Å². The molecular weight excluding hydrogens is 491 g/mol. The predicted octanol–water partition coefficient (Wildman–Crippen LogP) is 5.47. The second-order valence-electron chi connectivity index (χ2n) is 7.40. The second kappa shape index (κ2) is 9.72. The summed E-state index contributed by atoms with van der Waals surface area (Å²) in [7, 11) is 0. The average molecular weight is 503 g/mol. The van der Waals surface area contributed by atoms with E-state index in [0.717, 1.165) is 18.2 Å². The minimum Gasteiger partial charge on any atom is -0.317 e. The number of amides is 2. The van der Waals surface area contributed by atoms with Crippen molar-refractivity contribution in [1.82, 2.24) is 0 Å². The van der Waals surface area contributed by atoms with Crippen molar-refractivity contribution in [2.45, 2.75) is 31.5 Å². The molecule has 0 heterocycles. The fraction of sp³-hybridized carbons (Fsp3) is 0.238. The van der Waals surface area contributed by atoms with Crippen molar-refractivity contribution < 1.29 is 40.3 Å². The van der Waals surface area contributed by atoms with Gasteiger partial charge in [-0.05, 0) is 24.0 Å². The van der Waals surface area contributed by atoms with Crippen LogP contribution in [0.15, 0.2) is 45.8 Å². The molecule has 0 radical (unpaired) electrons. The summed E-state index contributed by atoms with van der Waals surface area (Å²) in [6, 6.07) is 2.12.